The summed E-state index contributed by atoms with van der Waals surface area (Å²) in [5.41, 5.74) is 3.57. The van der Waals surface area contributed by atoms with Gasteiger partial charge in [-0.05, 0) is 43.1 Å². The van der Waals surface area contributed by atoms with E-state index in [1.165, 1.54) is 11.3 Å². The van der Waals surface area contributed by atoms with Crippen LogP contribution < -0.4 is 9.80 Å². The summed E-state index contributed by atoms with van der Waals surface area (Å²) in [6, 6.07) is 14.2. The van der Waals surface area contributed by atoms with Gasteiger partial charge in [0.05, 0.1) is 18.3 Å². The van der Waals surface area contributed by atoms with Crippen LogP contribution in [0.4, 0.5) is 11.5 Å². The fraction of sp³-hybridized carbons (Fsp3) is 0.417. The Morgan fingerprint density at radius 1 is 1.13 bits per heavy atom. The molecular weight excluding hydrogens is 374 g/mol. The molecular formula is C24H27N5O. The summed E-state index contributed by atoms with van der Waals surface area (Å²) in [7, 11) is 0. The lowest BCUT2D eigenvalue weighted by molar-refractivity contribution is 0.476. The van der Waals surface area contributed by atoms with Gasteiger partial charge in [0.1, 0.15) is 5.75 Å². The van der Waals surface area contributed by atoms with E-state index in [1.54, 1.807) is 0 Å². The highest BCUT2D eigenvalue weighted by Gasteiger charge is 2.27. The van der Waals surface area contributed by atoms with E-state index in [0.29, 0.717) is 18.1 Å². The van der Waals surface area contributed by atoms with Gasteiger partial charge in [-0.3, -0.25) is 5.10 Å². The predicted molar refractivity (Wildman–Crippen MR) is 119 cm³/mol. The third-order valence-corrected chi connectivity index (χ3v) is 6.60. The number of hydrogen-bond acceptors (Lipinski definition) is 5. The summed E-state index contributed by atoms with van der Waals surface area (Å²) >= 11 is 0. The maximum absolute atomic E-state index is 10.2. The van der Waals surface area contributed by atoms with Crippen molar-refractivity contribution >= 4 is 22.3 Å². The minimum Gasteiger partial charge on any atom is -0.508 e. The number of hydrogen-bond donors (Lipinski definition) is 2. The summed E-state index contributed by atoms with van der Waals surface area (Å²) < 4.78 is 0. The molecule has 6 nitrogen and oxygen atoms in total. The zero-order valence-corrected chi connectivity index (χ0v) is 17.1. The van der Waals surface area contributed by atoms with Crippen molar-refractivity contribution in [2.24, 2.45) is 5.92 Å². The number of nitriles is 1. The number of nitrogens with one attached hydrogen (secondary N) is 1. The normalized spacial score (nSPS) is 19.4. The van der Waals surface area contributed by atoms with E-state index in [9.17, 15) is 5.11 Å². The van der Waals surface area contributed by atoms with Crippen LogP contribution in [0.2, 0.25) is 0 Å². The minimum atomic E-state index is 0.302. The molecule has 0 aliphatic carbocycles. The van der Waals surface area contributed by atoms with Crippen molar-refractivity contribution in [3.8, 4) is 11.8 Å². The number of aromatic hydroxyl groups is 1. The molecule has 0 spiro atoms. The van der Waals surface area contributed by atoms with E-state index in [1.807, 2.05) is 30.3 Å². The van der Waals surface area contributed by atoms with Crippen LogP contribution in [0, 0.1) is 17.2 Å². The summed E-state index contributed by atoms with van der Waals surface area (Å²) in [5, 5.41) is 29.5. The number of fused-ring (bicyclic) bond motifs is 2. The quantitative estimate of drug-likeness (QED) is 0.682. The van der Waals surface area contributed by atoms with Crippen molar-refractivity contribution in [1.29, 1.82) is 5.26 Å². The van der Waals surface area contributed by atoms with E-state index in [0.717, 1.165) is 74.1 Å². The lowest BCUT2D eigenvalue weighted by Gasteiger charge is -2.31. The number of aromatic amines is 1. The smallest absolute Gasteiger partial charge is 0.153 e. The molecule has 0 amide bonds. The molecule has 5 rings (SSSR count). The monoisotopic (exact) mass is 401 g/mol. The molecule has 1 atom stereocenters. The van der Waals surface area contributed by atoms with Gasteiger partial charge in [-0.25, -0.2) is 0 Å². The van der Waals surface area contributed by atoms with Gasteiger partial charge < -0.3 is 14.9 Å². The van der Waals surface area contributed by atoms with Crippen LogP contribution in [0.5, 0.6) is 5.75 Å². The maximum atomic E-state index is 10.2. The Hall–Kier alpha value is -3.20. The average Bonchev–Trinajstić information content (AvgIpc) is 3.04. The Labute approximate surface area is 176 Å². The van der Waals surface area contributed by atoms with Gasteiger partial charge in [-0.15, -0.1) is 0 Å². The molecule has 2 aliphatic heterocycles. The summed E-state index contributed by atoms with van der Waals surface area (Å²) in [5.74, 6) is 1.92. The lowest BCUT2D eigenvalue weighted by atomic mass is 9.98. The SMILES string of the molecule is N#CCC1CCCN(c2n[nH]c3c2CCN(c2cc(O)cc4ccccc24)C3)CC1. The van der Waals surface area contributed by atoms with Gasteiger partial charge in [0, 0.05) is 48.8 Å². The molecule has 6 heteroatoms. The molecule has 0 saturated carbocycles. The topological polar surface area (TPSA) is 79.2 Å². The van der Waals surface area contributed by atoms with Crippen LogP contribution in [-0.2, 0) is 13.0 Å². The molecule has 1 saturated heterocycles. The van der Waals surface area contributed by atoms with E-state index in [2.05, 4.69) is 27.0 Å². The molecule has 3 heterocycles. The third kappa shape index (κ3) is 3.45. The molecule has 1 aromatic heterocycles. The summed E-state index contributed by atoms with van der Waals surface area (Å²) in [6.45, 7) is 3.66. The lowest BCUT2D eigenvalue weighted by Crippen LogP contribution is -2.32. The molecule has 0 radical (unpaired) electrons. The van der Waals surface area contributed by atoms with Crippen molar-refractivity contribution in [2.45, 2.75) is 38.6 Å². The number of benzene rings is 2. The first kappa shape index (κ1) is 18.8. The highest BCUT2D eigenvalue weighted by Crippen LogP contribution is 2.36. The molecule has 1 fully saturated rings. The van der Waals surface area contributed by atoms with Crippen LogP contribution in [0.3, 0.4) is 0 Å². The molecule has 154 valence electrons. The average molecular weight is 402 g/mol. The number of H-pyrrole nitrogens is 1. The standard InChI is InChI=1S/C24H27N5O/c25-10-7-17-4-3-11-28(12-8-17)24-21-9-13-29(16-22(21)26-27-24)23-15-19(30)14-18-5-1-2-6-20(18)23/h1-2,5-6,14-15,17,30H,3-4,7-9,11-13,16H2,(H,26,27). The largest absolute Gasteiger partial charge is 0.508 e. The second kappa shape index (κ2) is 7.91. The van der Waals surface area contributed by atoms with Crippen LogP contribution in [0.1, 0.15) is 36.9 Å². The Morgan fingerprint density at radius 3 is 2.93 bits per heavy atom. The fourth-order valence-electron chi connectivity index (χ4n) is 5.01. The van der Waals surface area contributed by atoms with Crippen molar-refractivity contribution in [1.82, 2.24) is 10.2 Å². The van der Waals surface area contributed by atoms with E-state index >= 15 is 0 Å². The van der Waals surface area contributed by atoms with Crippen molar-refractivity contribution in [3.05, 3.63) is 47.7 Å². The first-order chi connectivity index (χ1) is 14.7. The molecule has 30 heavy (non-hydrogen) atoms. The maximum Gasteiger partial charge on any atom is 0.153 e. The van der Waals surface area contributed by atoms with Crippen molar-refractivity contribution in [3.63, 3.8) is 0 Å². The van der Waals surface area contributed by atoms with E-state index < -0.39 is 0 Å². The van der Waals surface area contributed by atoms with Gasteiger partial charge in [0.25, 0.3) is 0 Å². The van der Waals surface area contributed by atoms with Crippen LogP contribution in [-0.4, -0.2) is 34.9 Å². The van der Waals surface area contributed by atoms with Gasteiger partial charge in [-0.1, -0.05) is 24.3 Å². The number of nitrogens with zero attached hydrogens (tertiary/aromatic N) is 4. The number of phenolic OH excluding ortho intramolecular Hbond substituents is 1. The third-order valence-electron chi connectivity index (χ3n) is 6.60. The number of anilines is 2. The molecule has 2 N–H and O–H groups in total. The molecule has 1 unspecified atom stereocenters. The summed E-state index contributed by atoms with van der Waals surface area (Å²) in [4.78, 5) is 4.74. The zero-order valence-electron chi connectivity index (χ0n) is 17.1. The van der Waals surface area contributed by atoms with E-state index in [-0.39, 0.29) is 0 Å². The second-order valence-electron chi connectivity index (χ2n) is 8.51. The number of phenols is 1. The molecule has 3 aromatic rings. The zero-order chi connectivity index (χ0) is 20.5. The summed E-state index contributed by atoms with van der Waals surface area (Å²) in [6.07, 6.45) is 4.92. The highest BCUT2D eigenvalue weighted by molar-refractivity contribution is 5.95. The van der Waals surface area contributed by atoms with Crippen molar-refractivity contribution in [2.75, 3.05) is 29.4 Å². The molecule has 2 aliphatic rings. The van der Waals surface area contributed by atoms with Crippen molar-refractivity contribution < 1.29 is 5.11 Å². The Morgan fingerprint density at radius 2 is 2.03 bits per heavy atom. The number of rotatable bonds is 3. The molecule has 0 bridgehead atoms. The second-order valence-corrected chi connectivity index (χ2v) is 8.51. The van der Waals surface area contributed by atoms with Crippen LogP contribution >= 0.6 is 0 Å². The Bertz CT molecular complexity index is 1100. The fourth-order valence-corrected chi connectivity index (χ4v) is 5.01. The van der Waals surface area contributed by atoms with E-state index in [4.69, 9.17) is 10.4 Å². The van der Waals surface area contributed by atoms with Gasteiger partial charge in [0.2, 0.25) is 0 Å². The Balaban J connectivity index is 1.38. The molecule has 2 aromatic carbocycles. The first-order valence-corrected chi connectivity index (χ1v) is 10.9. The predicted octanol–water partition coefficient (Wildman–Crippen LogP) is 4.35. The Kier molecular flexibility index (Phi) is 4.96. The van der Waals surface area contributed by atoms with Gasteiger partial charge in [0.15, 0.2) is 5.82 Å². The van der Waals surface area contributed by atoms with Gasteiger partial charge in [-0.2, -0.15) is 10.4 Å². The van der Waals surface area contributed by atoms with Crippen LogP contribution in [0.15, 0.2) is 36.4 Å². The van der Waals surface area contributed by atoms with Gasteiger partial charge >= 0.3 is 0 Å². The van der Waals surface area contributed by atoms with Crippen LogP contribution in [0.25, 0.3) is 10.8 Å². The minimum absolute atomic E-state index is 0.302. The first-order valence-electron chi connectivity index (χ1n) is 10.9. The number of aromatic nitrogens is 2. The highest BCUT2D eigenvalue weighted by atomic mass is 16.3.